The van der Waals surface area contributed by atoms with Crippen molar-refractivity contribution in [2.75, 3.05) is 26.3 Å². The van der Waals surface area contributed by atoms with E-state index in [4.69, 9.17) is 9.47 Å². The predicted octanol–water partition coefficient (Wildman–Crippen LogP) is -1.02. The summed E-state index contributed by atoms with van der Waals surface area (Å²) in [6.07, 6.45) is -12.4. The van der Waals surface area contributed by atoms with E-state index >= 15 is 0 Å². The highest BCUT2D eigenvalue weighted by atomic mass is 16.5. The van der Waals surface area contributed by atoms with Gasteiger partial charge >= 0.3 is 0 Å². The Labute approximate surface area is 306 Å². The largest absolute Gasteiger partial charge is 0.394 e. The number of aliphatic hydroxyl groups excluding tert-OH is 8. The van der Waals surface area contributed by atoms with Crippen LogP contribution in [0.5, 0.6) is 0 Å². The molecule has 0 bridgehead atoms. The summed E-state index contributed by atoms with van der Waals surface area (Å²) >= 11 is 0. The number of carbonyl (C=O) groups is 1. The zero-order valence-electron chi connectivity index (χ0n) is 28.9. The average Bonchev–Trinajstić information content (AvgIpc) is 3.43. The molecule has 53 heavy (non-hydrogen) atoms. The molecule has 8 N–H and O–H groups in total. The molecule has 1 aromatic heterocycles. The molecular weight excluding hydrogens is 684 g/mol. The number of ether oxygens (including phenoxy) is 2. The molecule has 0 unspecified atom stereocenters. The monoisotopic (exact) mass is 726 g/mol. The normalized spacial score (nSPS) is 31.5. The van der Waals surface area contributed by atoms with Gasteiger partial charge in [-0.3, -0.25) is 4.79 Å². The van der Waals surface area contributed by atoms with Gasteiger partial charge in [-0.15, -0.1) is 0 Å². The van der Waals surface area contributed by atoms with E-state index in [1.807, 2.05) is 55.5 Å². The first kappa shape index (κ1) is 37.1. The number of piperidine rings is 1. The molecule has 0 radical (unpaired) electrons. The van der Waals surface area contributed by atoms with E-state index in [0.29, 0.717) is 42.8 Å². The Morgan fingerprint density at radius 3 is 1.68 bits per heavy atom. The van der Waals surface area contributed by atoms with Gasteiger partial charge in [-0.2, -0.15) is 0 Å². The summed E-state index contributed by atoms with van der Waals surface area (Å²) in [4.78, 5) is 19.8. The van der Waals surface area contributed by atoms with Crippen molar-refractivity contribution in [1.82, 2.24) is 9.88 Å². The fourth-order valence-electron chi connectivity index (χ4n) is 7.86. The fraction of sp³-hybridized carbons (Fsp3) is 0.450. The van der Waals surface area contributed by atoms with Crippen LogP contribution in [0.2, 0.25) is 0 Å². The van der Waals surface area contributed by atoms with Crippen molar-refractivity contribution in [3.05, 3.63) is 88.2 Å². The van der Waals surface area contributed by atoms with Crippen molar-refractivity contribution in [2.24, 2.45) is 0 Å². The molecule has 3 aliphatic heterocycles. The summed E-state index contributed by atoms with van der Waals surface area (Å²) in [5.41, 5.74) is 5.74. The standard InChI is InChI=1S/C40H42N2O11/c1-21-3-2-4-28(41-21)39(51)42-15-13-40(14-16-42)26-17-22(7-11-29-33(45)37(49)35(47)31(19-43)52-29)5-9-24(26)25-10-6-23(18-27(25)40)8-12-30-34(46)38(50)36(48)32(20-44)53-30/h2-6,9-10,17-18,29-38,43-50H,13-16,19-20H2,1H3/t29-,30-,31-,32-,33-,34-,35-,36-,37-,38-/m1/s1. The molecule has 1 amide bonds. The first-order valence-corrected chi connectivity index (χ1v) is 17.6. The number of fused-ring (bicyclic) bond motifs is 5. The quantitative estimate of drug-likeness (QED) is 0.153. The molecule has 13 nitrogen and oxygen atoms in total. The molecule has 10 atom stereocenters. The highest BCUT2D eigenvalue weighted by Gasteiger charge is 2.47. The number of nitrogens with zero attached hydrogens (tertiary/aromatic N) is 2. The zero-order valence-corrected chi connectivity index (χ0v) is 28.9. The minimum absolute atomic E-state index is 0.153. The van der Waals surface area contributed by atoms with E-state index in [9.17, 15) is 45.6 Å². The van der Waals surface area contributed by atoms with Crippen molar-refractivity contribution in [3.8, 4) is 34.8 Å². The molecule has 3 fully saturated rings. The van der Waals surface area contributed by atoms with Gasteiger partial charge in [-0.25, -0.2) is 4.98 Å². The van der Waals surface area contributed by atoms with Crippen LogP contribution in [0, 0.1) is 30.6 Å². The average molecular weight is 727 g/mol. The number of rotatable bonds is 3. The van der Waals surface area contributed by atoms with E-state index in [2.05, 4.69) is 28.7 Å². The van der Waals surface area contributed by atoms with E-state index in [0.717, 1.165) is 27.9 Å². The van der Waals surface area contributed by atoms with Crippen molar-refractivity contribution in [2.45, 2.75) is 86.2 Å². The Kier molecular flexibility index (Phi) is 10.4. The summed E-state index contributed by atoms with van der Waals surface area (Å²) in [5, 5.41) is 81.1. The number of hydrogen-bond acceptors (Lipinski definition) is 12. The van der Waals surface area contributed by atoms with E-state index in [1.54, 1.807) is 11.0 Å². The maximum Gasteiger partial charge on any atom is 0.272 e. The maximum atomic E-state index is 13.5. The van der Waals surface area contributed by atoms with Gasteiger partial charge in [0.05, 0.1) is 13.2 Å². The number of carbonyl (C=O) groups excluding carboxylic acids is 1. The lowest BCUT2D eigenvalue weighted by atomic mass is 9.70. The van der Waals surface area contributed by atoms with Crippen LogP contribution in [0.25, 0.3) is 11.1 Å². The minimum Gasteiger partial charge on any atom is -0.394 e. The van der Waals surface area contributed by atoms with Gasteiger partial charge in [0.25, 0.3) is 5.91 Å². The van der Waals surface area contributed by atoms with Crippen molar-refractivity contribution in [1.29, 1.82) is 0 Å². The second-order valence-electron chi connectivity index (χ2n) is 14.1. The molecule has 278 valence electrons. The van der Waals surface area contributed by atoms with Crippen molar-refractivity contribution in [3.63, 3.8) is 0 Å². The molecule has 1 aliphatic carbocycles. The smallest absolute Gasteiger partial charge is 0.272 e. The van der Waals surface area contributed by atoms with Crippen LogP contribution < -0.4 is 0 Å². The molecule has 13 heteroatoms. The Bertz CT molecular complexity index is 1880. The number of benzene rings is 2. The van der Waals surface area contributed by atoms with Crippen LogP contribution in [0.15, 0.2) is 54.6 Å². The van der Waals surface area contributed by atoms with Crippen LogP contribution in [-0.4, -0.2) is 144 Å². The Morgan fingerprint density at radius 1 is 0.736 bits per heavy atom. The second-order valence-corrected chi connectivity index (χ2v) is 14.1. The fourth-order valence-corrected chi connectivity index (χ4v) is 7.86. The van der Waals surface area contributed by atoms with Gasteiger partial charge < -0.3 is 55.2 Å². The molecule has 0 saturated carbocycles. The molecule has 3 saturated heterocycles. The molecule has 2 aromatic carbocycles. The SMILES string of the molecule is Cc1cccc(C(=O)N2CCC3(CC2)c2cc(C#C[C@H]4O[C@H](CO)[C@@H](O)[C@H](O)[C@@H]4O)ccc2-c2ccc(C#C[C@H]4O[C@H](CO)[C@@H](O)[C@H](O)[C@@H]4O)cc23)n1. The van der Waals surface area contributed by atoms with Gasteiger partial charge in [-0.05, 0) is 78.4 Å². The number of amides is 1. The van der Waals surface area contributed by atoms with Crippen LogP contribution >= 0.6 is 0 Å². The van der Waals surface area contributed by atoms with Crippen LogP contribution in [0.3, 0.4) is 0 Å². The summed E-state index contributed by atoms with van der Waals surface area (Å²) in [6.45, 7) is 1.60. The van der Waals surface area contributed by atoms with Crippen LogP contribution in [-0.2, 0) is 14.9 Å². The zero-order chi connectivity index (χ0) is 37.6. The van der Waals surface area contributed by atoms with Gasteiger partial charge in [0.2, 0.25) is 0 Å². The third kappa shape index (κ3) is 6.75. The van der Waals surface area contributed by atoms with Gasteiger partial charge in [0.1, 0.15) is 66.7 Å². The highest BCUT2D eigenvalue weighted by Crippen LogP contribution is 2.54. The predicted molar refractivity (Wildman–Crippen MR) is 188 cm³/mol. The molecule has 1 spiro atoms. The van der Waals surface area contributed by atoms with E-state index in [1.165, 1.54) is 0 Å². The lowest BCUT2D eigenvalue weighted by Gasteiger charge is -2.41. The summed E-state index contributed by atoms with van der Waals surface area (Å²) in [6, 6.07) is 16.9. The number of likely N-dealkylation sites (tertiary alicyclic amines) is 1. The molecule has 3 aromatic rings. The third-order valence-electron chi connectivity index (χ3n) is 10.9. The molecule has 7 rings (SSSR count). The first-order valence-electron chi connectivity index (χ1n) is 17.6. The van der Waals surface area contributed by atoms with Crippen molar-refractivity contribution >= 4 is 5.91 Å². The molecular formula is C40H42N2O11. The van der Waals surface area contributed by atoms with Gasteiger partial charge in [0, 0.05) is 35.3 Å². The Balaban J connectivity index is 1.22. The maximum absolute atomic E-state index is 13.5. The van der Waals surface area contributed by atoms with Gasteiger partial charge in [-0.1, -0.05) is 41.9 Å². The number of pyridine rings is 1. The highest BCUT2D eigenvalue weighted by molar-refractivity contribution is 5.92. The van der Waals surface area contributed by atoms with E-state index < -0.39 is 79.7 Å². The minimum atomic E-state index is -1.54. The number of aryl methyl sites for hydroxylation is 1. The molecule has 4 aliphatic rings. The van der Waals surface area contributed by atoms with E-state index in [-0.39, 0.29) is 5.91 Å². The lowest BCUT2D eigenvalue weighted by molar-refractivity contribution is -0.214. The van der Waals surface area contributed by atoms with Gasteiger partial charge in [0.15, 0.2) is 0 Å². The third-order valence-corrected chi connectivity index (χ3v) is 10.9. The molecule has 4 heterocycles. The topological polar surface area (TPSA) is 214 Å². The van der Waals surface area contributed by atoms with Crippen LogP contribution in [0.4, 0.5) is 0 Å². The second kappa shape index (κ2) is 14.9. The summed E-state index contributed by atoms with van der Waals surface area (Å²) < 4.78 is 11.2. The Hall–Kier alpha value is -4.22. The van der Waals surface area contributed by atoms with Crippen molar-refractivity contribution < 1.29 is 55.1 Å². The number of aromatic nitrogens is 1. The number of hydrogen-bond donors (Lipinski definition) is 8. The Morgan fingerprint density at radius 2 is 1.23 bits per heavy atom. The lowest BCUT2D eigenvalue weighted by Crippen LogP contribution is -2.58. The summed E-state index contributed by atoms with van der Waals surface area (Å²) in [5.74, 6) is 11.7. The van der Waals surface area contributed by atoms with Crippen LogP contribution in [0.1, 0.15) is 51.3 Å². The number of aliphatic hydroxyl groups is 8. The first-order chi connectivity index (χ1) is 25.4. The summed E-state index contributed by atoms with van der Waals surface area (Å²) in [7, 11) is 0.